The second kappa shape index (κ2) is 3.52. The van der Waals surface area contributed by atoms with Crippen LogP contribution in [0.2, 0.25) is 0 Å². The van der Waals surface area contributed by atoms with E-state index in [1.807, 2.05) is 0 Å². The minimum absolute atomic E-state index is 0.373. The van der Waals surface area contributed by atoms with Crippen molar-refractivity contribution in [2.24, 2.45) is 0 Å². The summed E-state index contributed by atoms with van der Waals surface area (Å²) < 4.78 is 30.1. The smallest absolute Gasteiger partial charge is 0.294 e. The zero-order chi connectivity index (χ0) is 11.8. The predicted octanol–water partition coefficient (Wildman–Crippen LogP) is 0.547. The molecular weight excluding hydrogens is 224 g/mol. The monoisotopic (exact) mass is 232 g/mol. The molecule has 7 heteroatoms. The number of rotatable bonds is 2. The minimum atomic E-state index is -4.52. The molecule has 0 bridgehead atoms. The molecule has 3 N–H and O–H groups in total. The minimum Gasteiger partial charge on any atom is -0.504 e. The maximum atomic E-state index is 11.0. The van der Waals surface area contributed by atoms with E-state index in [-0.39, 0.29) is 5.56 Å². The number of Topliss-reactive ketones (excluding diaryl/α,β-unsaturated/α-hetero) is 1. The van der Waals surface area contributed by atoms with Gasteiger partial charge in [-0.15, -0.1) is 0 Å². The van der Waals surface area contributed by atoms with Crippen molar-refractivity contribution in [2.45, 2.75) is 11.8 Å². The molecule has 0 amide bonds. The summed E-state index contributed by atoms with van der Waals surface area (Å²) in [5, 5.41) is 18.3. The molecule has 0 aliphatic heterocycles. The molecule has 0 aliphatic carbocycles. The number of hydrogen-bond donors (Lipinski definition) is 3. The molecule has 1 aromatic carbocycles. The van der Waals surface area contributed by atoms with Crippen LogP contribution in [0, 0.1) is 0 Å². The van der Waals surface area contributed by atoms with Crippen molar-refractivity contribution in [1.29, 1.82) is 0 Å². The van der Waals surface area contributed by atoms with E-state index in [0.29, 0.717) is 6.07 Å². The zero-order valence-corrected chi connectivity index (χ0v) is 8.45. The van der Waals surface area contributed by atoms with Gasteiger partial charge >= 0.3 is 0 Å². The lowest BCUT2D eigenvalue weighted by atomic mass is 10.1. The second-order valence-electron chi connectivity index (χ2n) is 2.87. The molecule has 0 aliphatic rings. The number of phenols is 2. The predicted molar refractivity (Wildman–Crippen MR) is 49.6 cm³/mol. The normalized spacial score (nSPS) is 11.3. The number of aromatic hydroxyl groups is 2. The summed E-state index contributed by atoms with van der Waals surface area (Å²) >= 11 is 0. The van der Waals surface area contributed by atoms with E-state index >= 15 is 0 Å². The average molecular weight is 232 g/mol. The van der Waals surface area contributed by atoms with E-state index in [9.17, 15) is 18.3 Å². The summed E-state index contributed by atoms with van der Waals surface area (Å²) in [7, 11) is -4.52. The van der Waals surface area contributed by atoms with Gasteiger partial charge in [0.1, 0.15) is 0 Å². The first-order valence-electron chi connectivity index (χ1n) is 3.78. The molecule has 82 valence electrons. The molecule has 0 atom stereocenters. The van der Waals surface area contributed by atoms with E-state index in [1.165, 1.54) is 0 Å². The summed E-state index contributed by atoms with van der Waals surface area (Å²) in [6.45, 7) is 1.09. The summed E-state index contributed by atoms with van der Waals surface area (Å²) in [5.41, 5.74) is -0.373. The van der Waals surface area contributed by atoms with Gasteiger partial charge in [-0.25, -0.2) is 0 Å². The maximum Gasteiger partial charge on any atom is 0.294 e. The van der Waals surface area contributed by atoms with Crippen molar-refractivity contribution in [3.05, 3.63) is 17.7 Å². The van der Waals surface area contributed by atoms with Gasteiger partial charge in [0.05, 0.1) is 10.5 Å². The van der Waals surface area contributed by atoms with Crippen LogP contribution < -0.4 is 0 Å². The SMILES string of the molecule is CC(=O)c1cc(S(=O)(=O)O)cc(O)c1O. The summed E-state index contributed by atoms with van der Waals surface area (Å²) in [5.74, 6) is -2.13. The third-order valence-electron chi connectivity index (χ3n) is 1.74. The van der Waals surface area contributed by atoms with Gasteiger partial charge in [-0.1, -0.05) is 0 Å². The Labute approximate surface area is 85.5 Å². The highest BCUT2D eigenvalue weighted by Crippen LogP contribution is 2.32. The van der Waals surface area contributed by atoms with E-state index in [2.05, 4.69) is 0 Å². The quantitative estimate of drug-likeness (QED) is 0.390. The third kappa shape index (κ3) is 2.25. The van der Waals surface area contributed by atoms with Crippen molar-refractivity contribution in [3.63, 3.8) is 0 Å². The van der Waals surface area contributed by atoms with Crippen molar-refractivity contribution in [1.82, 2.24) is 0 Å². The zero-order valence-electron chi connectivity index (χ0n) is 7.63. The van der Waals surface area contributed by atoms with Gasteiger partial charge < -0.3 is 10.2 Å². The molecule has 0 fully saturated rings. The van der Waals surface area contributed by atoms with E-state index < -0.39 is 32.3 Å². The lowest BCUT2D eigenvalue weighted by Crippen LogP contribution is -2.01. The van der Waals surface area contributed by atoms with Gasteiger partial charge in [-0.05, 0) is 13.0 Å². The Hall–Kier alpha value is -1.60. The highest BCUT2D eigenvalue weighted by molar-refractivity contribution is 7.85. The van der Waals surface area contributed by atoms with E-state index in [0.717, 1.165) is 13.0 Å². The van der Waals surface area contributed by atoms with Gasteiger partial charge in [0.2, 0.25) is 0 Å². The first kappa shape index (κ1) is 11.5. The van der Waals surface area contributed by atoms with E-state index in [4.69, 9.17) is 9.66 Å². The molecule has 0 unspecified atom stereocenters. The molecule has 1 aromatic rings. The van der Waals surface area contributed by atoms with Crippen LogP contribution in [0.3, 0.4) is 0 Å². The number of phenolic OH excluding ortho intramolecular Hbond substituents is 2. The molecule has 0 spiro atoms. The molecule has 0 saturated heterocycles. The molecular formula is C8H8O6S. The Bertz CT molecular complexity index is 516. The van der Waals surface area contributed by atoms with Crippen molar-refractivity contribution in [3.8, 4) is 11.5 Å². The number of carbonyl (C=O) groups excluding carboxylic acids is 1. The standard InChI is InChI=1S/C8H8O6S/c1-4(9)6-2-5(15(12,13)14)3-7(10)8(6)11/h2-3,10-11H,1H3,(H,12,13,14). The highest BCUT2D eigenvalue weighted by Gasteiger charge is 2.18. The number of hydrogen-bond acceptors (Lipinski definition) is 5. The van der Waals surface area contributed by atoms with Crippen molar-refractivity contribution in [2.75, 3.05) is 0 Å². The van der Waals surface area contributed by atoms with Crippen LogP contribution in [-0.2, 0) is 10.1 Å². The van der Waals surface area contributed by atoms with Crippen molar-refractivity contribution < 1.29 is 28.0 Å². The molecule has 1 rings (SSSR count). The fourth-order valence-corrected chi connectivity index (χ4v) is 1.54. The van der Waals surface area contributed by atoms with Gasteiger partial charge in [-0.2, -0.15) is 8.42 Å². The first-order chi connectivity index (χ1) is 6.73. The number of benzene rings is 1. The molecule has 6 nitrogen and oxygen atoms in total. The fraction of sp³-hybridized carbons (Fsp3) is 0.125. The van der Waals surface area contributed by atoms with Crippen LogP contribution in [0.1, 0.15) is 17.3 Å². The summed E-state index contributed by atoms with van der Waals surface area (Å²) in [6.07, 6.45) is 0. The first-order valence-corrected chi connectivity index (χ1v) is 5.22. The lowest BCUT2D eigenvalue weighted by Gasteiger charge is -2.05. The average Bonchev–Trinajstić information content (AvgIpc) is 2.06. The van der Waals surface area contributed by atoms with Gasteiger partial charge in [0.15, 0.2) is 17.3 Å². The van der Waals surface area contributed by atoms with Crippen LogP contribution in [0.15, 0.2) is 17.0 Å². The van der Waals surface area contributed by atoms with Crippen molar-refractivity contribution >= 4 is 15.9 Å². The Balaban J connectivity index is 3.57. The summed E-state index contributed by atoms with van der Waals surface area (Å²) in [6, 6.07) is 1.43. The van der Waals surface area contributed by atoms with Crippen LogP contribution >= 0.6 is 0 Å². The highest BCUT2D eigenvalue weighted by atomic mass is 32.2. The Kier molecular flexibility index (Phi) is 2.69. The number of ketones is 1. The molecule has 0 heterocycles. The van der Waals surface area contributed by atoms with Gasteiger partial charge in [-0.3, -0.25) is 9.35 Å². The maximum absolute atomic E-state index is 11.0. The molecule has 0 aromatic heterocycles. The topological polar surface area (TPSA) is 112 Å². The van der Waals surface area contributed by atoms with Crippen LogP contribution in [0.25, 0.3) is 0 Å². The molecule has 0 saturated carbocycles. The second-order valence-corrected chi connectivity index (χ2v) is 4.29. The Morgan fingerprint density at radius 3 is 2.20 bits per heavy atom. The molecule has 0 radical (unpaired) electrons. The Morgan fingerprint density at radius 1 is 1.27 bits per heavy atom. The van der Waals surface area contributed by atoms with Crippen LogP contribution in [0.5, 0.6) is 11.5 Å². The lowest BCUT2D eigenvalue weighted by molar-refractivity contribution is 0.101. The third-order valence-corrected chi connectivity index (χ3v) is 2.57. The van der Waals surface area contributed by atoms with Gasteiger partial charge in [0.25, 0.3) is 10.1 Å². The molecule has 15 heavy (non-hydrogen) atoms. The van der Waals surface area contributed by atoms with Gasteiger partial charge in [0, 0.05) is 6.07 Å². The summed E-state index contributed by atoms with van der Waals surface area (Å²) in [4.78, 5) is 10.3. The fourth-order valence-electron chi connectivity index (χ4n) is 1.01. The number of carbonyl (C=O) groups is 1. The van der Waals surface area contributed by atoms with Crippen LogP contribution in [0.4, 0.5) is 0 Å². The van der Waals surface area contributed by atoms with Crippen LogP contribution in [-0.4, -0.2) is 29.0 Å². The Morgan fingerprint density at radius 2 is 1.80 bits per heavy atom. The van der Waals surface area contributed by atoms with E-state index in [1.54, 1.807) is 0 Å². The largest absolute Gasteiger partial charge is 0.504 e.